The Morgan fingerprint density at radius 2 is 2.32 bits per heavy atom. The molecule has 0 fully saturated rings. The maximum atomic E-state index is 4.25. The molecule has 0 amide bonds. The quantitative estimate of drug-likeness (QED) is 0.875. The fourth-order valence-electron chi connectivity index (χ4n) is 1.98. The third kappa shape index (κ3) is 3.89. The molecule has 4 nitrogen and oxygen atoms in total. The molecule has 0 aliphatic rings. The van der Waals surface area contributed by atoms with E-state index < -0.39 is 0 Å². The van der Waals surface area contributed by atoms with Crippen molar-refractivity contribution in [1.82, 2.24) is 20.0 Å². The summed E-state index contributed by atoms with van der Waals surface area (Å²) in [6.07, 6.45) is 4.01. The van der Waals surface area contributed by atoms with Crippen LogP contribution in [-0.4, -0.2) is 35.3 Å². The Morgan fingerprint density at radius 1 is 1.53 bits per heavy atom. The van der Waals surface area contributed by atoms with Crippen molar-refractivity contribution in [2.75, 3.05) is 20.6 Å². The molecule has 0 radical (unpaired) electrons. The molecule has 0 unspecified atom stereocenters. The predicted molar refractivity (Wildman–Crippen MR) is 83.4 cm³/mol. The summed E-state index contributed by atoms with van der Waals surface area (Å²) in [4.78, 5) is 3.55. The molecule has 2 heterocycles. The summed E-state index contributed by atoms with van der Waals surface area (Å²) in [6.45, 7) is 1.80. The van der Waals surface area contributed by atoms with Gasteiger partial charge in [0.25, 0.3) is 0 Å². The van der Waals surface area contributed by atoms with Gasteiger partial charge in [0.2, 0.25) is 0 Å². The zero-order valence-corrected chi connectivity index (χ0v) is 13.8. The van der Waals surface area contributed by atoms with E-state index in [1.165, 1.54) is 14.9 Å². The molecule has 2 aromatic rings. The molecule has 0 bridgehead atoms. The number of nitrogens with zero attached hydrogens (tertiary/aromatic N) is 3. The highest BCUT2D eigenvalue weighted by Crippen LogP contribution is 2.22. The Labute approximate surface area is 126 Å². The maximum absolute atomic E-state index is 4.25. The Morgan fingerprint density at radius 3 is 2.84 bits per heavy atom. The molecule has 0 spiro atoms. The standard InChI is InChI=1S/C13H19BrN4S/c1-17(2)12(10-6-16-18(3)9-10)7-15-8-13-11(14)4-5-19-13/h4-6,9,12,15H,7-8H2,1-3H3/t12-/m0/s1. The highest BCUT2D eigenvalue weighted by molar-refractivity contribution is 9.10. The molecule has 1 atom stereocenters. The van der Waals surface area contributed by atoms with Gasteiger partial charge in [-0.25, -0.2) is 0 Å². The summed E-state index contributed by atoms with van der Waals surface area (Å²) in [5.74, 6) is 0. The molecule has 1 N–H and O–H groups in total. The van der Waals surface area contributed by atoms with Gasteiger partial charge in [0, 0.05) is 47.3 Å². The fraction of sp³-hybridized carbons (Fsp3) is 0.462. The number of likely N-dealkylation sites (N-methyl/N-ethyl adjacent to an activating group) is 1. The first kappa shape index (κ1) is 14.7. The highest BCUT2D eigenvalue weighted by Gasteiger charge is 2.15. The number of halogens is 1. The number of thiophene rings is 1. The van der Waals surface area contributed by atoms with E-state index in [1.54, 1.807) is 11.3 Å². The summed E-state index contributed by atoms with van der Waals surface area (Å²) in [5.41, 5.74) is 1.24. The van der Waals surface area contributed by atoms with Crippen LogP contribution in [0.25, 0.3) is 0 Å². The summed E-state index contributed by atoms with van der Waals surface area (Å²) >= 11 is 5.33. The van der Waals surface area contributed by atoms with E-state index in [-0.39, 0.29) is 0 Å². The van der Waals surface area contributed by atoms with E-state index in [4.69, 9.17) is 0 Å². The molecule has 19 heavy (non-hydrogen) atoms. The van der Waals surface area contributed by atoms with Gasteiger partial charge in [0.1, 0.15) is 0 Å². The number of nitrogens with one attached hydrogen (secondary N) is 1. The van der Waals surface area contributed by atoms with E-state index >= 15 is 0 Å². The minimum absolute atomic E-state index is 0.340. The van der Waals surface area contributed by atoms with Crippen molar-refractivity contribution < 1.29 is 0 Å². The second-order valence-electron chi connectivity index (χ2n) is 4.75. The van der Waals surface area contributed by atoms with Crippen molar-refractivity contribution in [2.24, 2.45) is 7.05 Å². The lowest BCUT2D eigenvalue weighted by Gasteiger charge is -2.23. The maximum Gasteiger partial charge on any atom is 0.0538 e. The van der Waals surface area contributed by atoms with Crippen LogP contribution in [0, 0.1) is 0 Å². The SMILES string of the molecule is CN(C)[C@@H](CNCc1sccc1Br)c1cnn(C)c1. The van der Waals surface area contributed by atoms with E-state index in [0.29, 0.717) is 6.04 Å². The molecule has 0 aromatic carbocycles. The number of hydrogen-bond acceptors (Lipinski definition) is 4. The number of aromatic nitrogens is 2. The summed E-state index contributed by atoms with van der Waals surface area (Å²) in [5, 5.41) is 9.87. The number of rotatable bonds is 6. The van der Waals surface area contributed by atoms with Crippen molar-refractivity contribution in [3.05, 3.63) is 38.8 Å². The van der Waals surface area contributed by atoms with Gasteiger partial charge in [-0.15, -0.1) is 11.3 Å². The smallest absolute Gasteiger partial charge is 0.0538 e. The van der Waals surface area contributed by atoms with Crippen LogP contribution < -0.4 is 5.32 Å². The van der Waals surface area contributed by atoms with Crippen molar-refractivity contribution in [3.63, 3.8) is 0 Å². The third-order valence-corrected chi connectivity index (χ3v) is 4.97. The van der Waals surface area contributed by atoms with Crippen molar-refractivity contribution in [2.45, 2.75) is 12.6 Å². The molecule has 0 saturated carbocycles. The van der Waals surface area contributed by atoms with E-state index in [0.717, 1.165) is 13.1 Å². The van der Waals surface area contributed by atoms with Crippen LogP contribution in [0.5, 0.6) is 0 Å². The van der Waals surface area contributed by atoms with Crippen LogP contribution in [-0.2, 0) is 13.6 Å². The van der Waals surface area contributed by atoms with Crippen molar-refractivity contribution >= 4 is 27.3 Å². The lowest BCUT2D eigenvalue weighted by molar-refractivity contribution is 0.288. The largest absolute Gasteiger partial charge is 0.310 e. The molecule has 104 valence electrons. The lowest BCUT2D eigenvalue weighted by Crippen LogP contribution is -2.30. The lowest BCUT2D eigenvalue weighted by atomic mass is 10.1. The van der Waals surface area contributed by atoms with Crippen LogP contribution in [0.1, 0.15) is 16.5 Å². The number of aryl methyl sites for hydroxylation is 1. The molecular formula is C13H19BrN4S. The Hall–Kier alpha value is -0.690. The minimum atomic E-state index is 0.340. The predicted octanol–water partition coefficient (Wildman–Crippen LogP) is 2.64. The summed E-state index contributed by atoms with van der Waals surface area (Å²) in [7, 11) is 6.15. The van der Waals surface area contributed by atoms with Crippen molar-refractivity contribution in [1.29, 1.82) is 0 Å². The molecule has 0 aliphatic heterocycles. The van der Waals surface area contributed by atoms with Crippen LogP contribution in [0.3, 0.4) is 0 Å². The van der Waals surface area contributed by atoms with E-state index in [2.05, 4.69) is 63.0 Å². The van der Waals surface area contributed by atoms with Crippen molar-refractivity contribution in [3.8, 4) is 0 Å². The summed E-state index contributed by atoms with van der Waals surface area (Å²) in [6, 6.07) is 2.43. The molecule has 6 heteroatoms. The first-order chi connectivity index (χ1) is 9.08. The van der Waals surface area contributed by atoms with Crippen LogP contribution >= 0.6 is 27.3 Å². The molecular weight excluding hydrogens is 324 g/mol. The zero-order valence-electron chi connectivity index (χ0n) is 11.4. The van der Waals surface area contributed by atoms with Gasteiger partial charge in [-0.2, -0.15) is 5.10 Å². The molecule has 0 saturated heterocycles. The molecule has 2 rings (SSSR count). The first-order valence-corrected chi connectivity index (χ1v) is 7.82. The van der Waals surface area contributed by atoms with Gasteiger partial charge in [-0.3, -0.25) is 4.68 Å². The Bertz CT molecular complexity index is 520. The van der Waals surface area contributed by atoms with Gasteiger partial charge in [0.05, 0.1) is 6.20 Å². The normalized spacial score (nSPS) is 13.1. The zero-order chi connectivity index (χ0) is 13.8. The summed E-state index contributed by atoms with van der Waals surface area (Å²) < 4.78 is 3.04. The van der Waals surface area contributed by atoms with Crippen LogP contribution in [0.4, 0.5) is 0 Å². The van der Waals surface area contributed by atoms with E-state index in [1.807, 2.05) is 17.9 Å². The van der Waals surface area contributed by atoms with Gasteiger partial charge in [-0.05, 0) is 41.5 Å². The Kier molecular flexibility index (Phi) is 5.15. The molecule has 2 aromatic heterocycles. The highest BCUT2D eigenvalue weighted by atomic mass is 79.9. The van der Waals surface area contributed by atoms with Crippen LogP contribution in [0.15, 0.2) is 28.3 Å². The average molecular weight is 343 g/mol. The topological polar surface area (TPSA) is 33.1 Å². The second-order valence-corrected chi connectivity index (χ2v) is 6.60. The average Bonchev–Trinajstić information content (AvgIpc) is 2.94. The van der Waals surface area contributed by atoms with Gasteiger partial charge in [0.15, 0.2) is 0 Å². The van der Waals surface area contributed by atoms with Gasteiger partial charge < -0.3 is 10.2 Å². The second kappa shape index (κ2) is 6.65. The monoisotopic (exact) mass is 342 g/mol. The first-order valence-electron chi connectivity index (χ1n) is 6.15. The number of hydrogen-bond donors (Lipinski definition) is 1. The molecule has 0 aliphatic carbocycles. The minimum Gasteiger partial charge on any atom is -0.310 e. The van der Waals surface area contributed by atoms with Gasteiger partial charge >= 0.3 is 0 Å². The third-order valence-electron chi connectivity index (χ3n) is 3.05. The van der Waals surface area contributed by atoms with Crippen LogP contribution in [0.2, 0.25) is 0 Å². The van der Waals surface area contributed by atoms with Gasteiger partial charge in [-0.1, -0.05) is 0 Å². The van der Waals surface area contributed by atoms with E-state index in [9.17, 15) is 0 Å². The fourth-order valence-corrected chi connectivity index (χ4v) is 3.45. The Balaban J connectivity index is 1.93.